The van der Waals surface area contributed by atoms with Gasteiger partial charge >= 0.3 is 0 Å². The Kier molecular flexibility index (Phi) is 4.37. The molecule has 1 aliphatic heterocycles. The van der Waals surface area contributed by atoms with E-state index < -0.39 is 0 Å². The Hall–Kier alpha value is -0.640. The molecular weight excluding hydrogens is 239 g/mol. The highest BCUT2D eigenvalue weighted by Crippen LogP contribution is 2.20. The lowest BCUT2D eigenvalue weighted by atomic mass is 10.1. The molecule has 2 nitrogen and oxygen atoms in total. The van der Waals surface area contributed by atoms with Crippen LogP contribution in [0.1, 0.15) is 11.1 Å². The Morgan fingerprint density at radius 1 is 1.35 bits per heavy atom. The van der Waals surface area contributed by atoms with Crippen molar-refractivity contribution in [3.05, 3.63) is 34.1 Å². The summed E-state index contributed by atoms with van der Waals surface area (Å²) in [6, 6.07) is 3.63. The number of halogens is 2. The molecule has 4 heteroatoms. The standard InChI is InChI=1S/C13H18ClFN2/c1-10-8-11(9-12(14)13(10)15)2-5-17-6-3-16-4-7-17/h8-9,16H,2-7H2,1H3. The molecule has 0 radical (unpaired) electrons. The lowest BCUT2D eigenvalue weighted by Gasteiger charge is -2.27. The number of hydrogen-bond acceptors (Lipinski definition) is 2. The molecule has 1 aliphatic rings. The molecule has 0 aliphatic carbocycles. The van der Waals surface area contributed by atoms with Gasteiger partial charge in [0.2, 0.25) is 0 Å². The molecule has 0 atom stereocenters. The number of nitrogens with one attached hydrogen (secondary N) is 1. The minimum Gasteiger partial charge on any atom is -0.314 e. The van der Waals surface area contributed by atoms with Crippen LogP contribution in [-0.4, -0.2) is 37.6 Å². The summed E-state index contributed by atoms with van der Waals surface area (Å²) in [5.74, 6) is -0.294. The molecule has 1 aromatic carbocycles. The minimum atomic E-state index is -0.294. The van der Waals surface area contributed by atoms with Crippen LogP contribution in [0.5, 0.6) is 0 Å². The topological polar surface area (TPSA) is 15.3 Å². The fourth-order valence-corrected chi connectivity index (χ4v) is 2.45. The van der Waals surface area contributed by atoms with E-state index >= 15 is 0 Å². The monoisotopic (exact) mass is 256 g/mol. The zero-order chi connectivity index (χ0) is 12.3. The van der Waals surface area contributed by atoms with Crippen molar-refractivity contribution in [1.82, 2.24) is 10.2 Å². The summed E-state index contributed by atoms with van der Waals surface area (Å²) in [6.07, 6.45) is 0.931. The van der Waals surface area contributed by atoms with Gasteiger partial charge in [0.15, 0.2) is 0 Å². The Morgan fingerprint density at radius 2 is 2.06 bits per heavy atom. The summed E-state index contributed by atoms with van der Waals surface area (Å²) in [7, 11) is 0. The number of aryl methyl sites for hydroxylation is 1. The first-order chi connectivity index (χ1) is 8.16. The maximum absolute atomic E-state index is 13.4. The van der Waals surface area contributed by atoms with E-state index in [0.717, 1.165) is 44.7 Å². The van der Waals surface area contributed by atoms with Crippen molar-refractivity contribution in [3.63, 3.8) is 0 Å². The molecule has 17 heavy (non-hydrogen) atoms. The summed E-state index contributed by atoms with van der Waals surface area (Å²) in [5.41, 5.74) is 1.75. The van der Waals surface area contributed by atoms with Gasteiger partial charge in [-0.15, -0.1) is 0 Å². The van der Waals surface area contributed by atoms with Gasteiger partial charge in [0, 0.05) is 32.7 Å². The van der Waals surface area contributed by atoms with Gasteiger partial charge in [-0.3, -0.25) is 0 Å². The third-order valence-electron chi connectivity index (χ3n) is 3.20. The third kappa shape index (κ3) is 3.41. The maximum atomic E-state index is 13.4. The molecule has 1 N–H and O–H groups in total. The SMILES string of the molecule is Cc1cc(CCN2CCNCC2)cc(Cl)c1F. The van der Waals surface area contributed by atoms with Crippen LogP contribution in [0.25, 0.3) is 0 Å². The summed E-state index contributed by atoms with van der Waals surface area (Å²) in [5, 5.41) is 3.56. The number of nitrogens with zero attached hydrogens (tertiary/aromatic N) is 1. The van der Waals surface area contributed by atoms with Crippen LogP contribution in [0.15, 0.2) is 12.1 Å². The molecule has 0 saturated carbocycles. The predicted octanol–water partition coefficient (Wildman–Crippen LogP) is 2.24. The van der Waals surface area contributed by atoms with E-state index in [4.69, 9.17) is 11.6 Å². The van der Waals surface area contributed by atoms with Gasteiger partial charge < -0.3 is 10.2 Å². The molecule has 1 fully saturated rings. The highest BCUT2D eigenvalue weighted by molar-refractivity contribution is 6.30. The second kappa shape index (κ2) is 5.80. The predicted molar refractivity (Wildman–Crippen MR) is 69.2 cm³/mol. The van der Waals surface area contributed by atoms with Gasteiger partial charge in [0.25, 0.3) is 0 Å². The minimum absolute atomic E-state index is 0.236. The van der Waals surface area contributed by atoms with E-state index in [1.54, 1.807) is 13.0 Å². The van der Waals surface area contributed by atoms with Crippen molar-refractivity contribution in [2.45, 2.75) is 13.3 Å². The Bertz CT molecular complexity index is 366. The van der Waals surface area contributed by atoms with Crippen LogP contribution in [-0.2, 0) is 6.42 Å². The van der Waals surface area contributed by atoms with Crippen LogP contribution >= 0.6 is 11.6 Å². The second-order valence-corrected chi connectivity index (χ2v) is 4.96. The van der Waals surface area contributed by atoms with E-state index in [0.29, 0.717) is 5.56 Å². The number of hydrogen-bond donors (Lipinski definition) is 1. The van der Waals surface area contributed by atoms with Crippen LogP contribution in [0, 0.1) is 12.7 Å². The average molecular weight is 257 g/mol. The lowest BCUT2D eigenvalue weighted by Crippen LogP contribution is -2.44. The molecule has 0 bridgehead atoms. The Balaban J connectivity index is 1.94. The highest BCUT2D eigenvalue weighted by Gasteiger charge is 2.10. The lowest BCUT2D eigenvalue weighted by molar-refractivity contribution is 0.244. The summed E-state index contributed by atoms with van der Waals surface area (Å²) >= 11 is 5.84. The van der Waals surface area contributed by atoms with Gasteiger partial charge in [0.05, 0.1) is 5.02 Å². The van der Waals surface area contributed by atoms with Crippen molar-refractivity contribution in [2.75, 3.05) is 32.7 Å². The number of piperazine rings is 1. The molecule has 2 rings (SSSR count). The molecule has 94 valence electrons. The maximum Gasteiger partial charge on any atom is 0.144 e. The summed E-state index contributed by atoms with van der Waals surface area (Å²) < 4.78 is 13.4. The van der Waals surface area contributed by atoms with Crippen LogP contribution < -0.4 is 5.32 Å². The highest BCUT2D eigenvalue weighted by atomic mass is 35.5. The van der Waals surface area contributed by atoms with E-state index in [1.165, 1.54) is 0 Å². The Labute approximate surface area is 107 Å². The molecule has 0 amide bonds. The van der Waals surface area contributed by atoms with Crippen LogP contribution in [0.4, 0.5) is 4.39 Å². The first kappa shape index (κ1) is 12.8. The second-order valence-electron chi connectivity index (χ2n) is 4.55. The molecule has 0 spiro atoms. The first-order valence-electron chi connectivity index (χ1n) is 6.04. The van der Waals surface area contributed by atoms with Gasteiger partial charge in [-0.1, -0.05) is 17.7 Å². The summed E-state index contributed by atoms with van der Waals surface area (Å²) in [4.78, 5) is 2.42. The summed E-state index contributed by atoms with van der Waals surface area (Å²) in [6.45, 7) is 7.08. The van der Waals surface area contributed by atoms with E-state index in [2.05, 4.69) is 10.2 Å². The van der Waals surface area contributed by atoms with Crippen molar-refractivity contribution in [3.8, 4) is 0 Å². The van der Waals surface area contributed by atoms with E-state index in [1.807, 2.05) is 6.07 Å². The number of rotatable bonds is 3. The normalized spacial score (nSPS) is 17.4. The van der Waals surface area contributed by atoms with Crippen molar-refractivity contribution < 1.29 is 4.39 Å². The molecule has 0 unspecified atom stereocenters. The van der Waals surface area contributed by atoms with Gasteiger partial charge in [-0.2, -0.15) is 0 Å². The van der Waals surface area contributed by atoms with Gasteiger partial charge in [-0.05, 0) is 30.5 Å². The van der Waals surface area contributed by atoms with E-state index in [-0.39, 0.29) is 10.8 Å². The number of benzene rings is 1. The van der Waals surface area contributed by atoms with Crippen LogP contribution in [0.3, 0.4) is 0 Å². The fourth-order valence-electron chi connectivity index (χ4n) is 2.16. The molecule has 1 aromatic rings. The molecule has 1 saturated heterocycles. The Morgan fingerprint density at radius 3 is 2.71 bits per heavy atom. The fraction of sp³-hybridized carbons (Fsp3) is 0.538. The first-order valence-corrected chi connectivity index (χ1v) is 6.42. The zero-order valence-corrected chi connectivity index (χ0v) is 10.9. The molecule has 0 aromatic heterocycles. The average Bonchev–Trinajstić information content (AvgIpc) is 2.34. The third-order valence-corrected chi connectivity index (χ3v) is 3.47. The van der Waals surface area contributed by atoms with Gasteiger partial charge in [-0.25, -0.2) is 4.39 Å². The van der Waals surface area contributed by atoms with Gasteiger partial charge in [0.1, 0.15) is 5.82 Å². The van der Waals surface area contributed by atoms with Crippen molar-refractivity contribution in [1.29, 1.82) is 0 Å². The van der Waals surface area contributed by atoms with E-state index in [9.17, 15) is 4.39 Å². The van der Waals surface area contributed by atoms with Crippen LogP contribution in [0.2, 0.25) is 5.02 Å². The quantitative estimate of drug-likeness (QED) is 0.892. The largest absolute Gasteiger partial charge is 0.314 e. The van der Waals surface area contributed by atoms with Crippen molar-refractivity contribution in [2.24, 2.45) is 0 Å². The zero-order valence-electron chi connectivity index (χ0n) is 10.1. The smallest absolute Gasteiger partial charge is 0.144 e. The molecule has 1 heterocycles. The molecular formula is C13H18ClFN2. The van der Waals surface area contributed by atoms with Crippen molar-refractivity contribution >= 4 is 11.6 Å².